The smallest absolute Gasteiger partial charge is 0.225 e. The van der Waals surface area contributed by atoms with Crippen molar-refractivity contribution in [1.82, 2.24) is 35.3 Å². The van der Waals surface area contributed by atoms with Crippen molar-refractivity contribution in [2.24, 2.45) is 11.8 Å². The summed E-state index contributed by atoms with van der Waals surface area (Å²) >= 11 is 0. The first-order valence-corrected chi connectivity index (χ1v) is 12.6. The number of nitrogens with zero attached hydrogens (tertiary/aromatic N) is 6. The fourth-order valence-corrected chi connectivity index (χ4v) is 5.23. The summed E-state index contributed by atoms with van der Waals surface area (Å²) in [5.41, 5.74) is 1.00. The highest BCUT2D eigenvalue weighted by molar-refractivity contribution is 5.79. The van der Waals surface area contributed by atoms with Crippen molar-refractivity contribution in [3.8, 4) is 0 Å². The molecule has 3 saturated heterocycles. The van der Waals surface area contributed by atoms with Crippen molar-refractivity contribution in [2.45, 2.75) is 32.6 Å². The van der Waals surface area contributed by atoms with E-state index >= 15 is 0 Å². The first-order valence-electron chi connectivity index (χ1n) is 12.6. The highest BCUT2D eigenvalue weighted by atomic mass is 16.2. The molecule has 10 heteroatoms. The van der Waals surface area contributed by atoms with Crippen LogP contribution in [0.1, 0.15) is 30.8 Å². The quantitative estimate of drug-likeness (QED) is 0.586. The Morgan fingerprint density at radius 2 is 1.85 bits per heavy atom. The van der Waals surface area contributed by atoms with Crippen molar-refractivity contribution in [2.75, 3.05) is 69.6 Å². The van der Waals surface area contributed by atoms with Gasteiger partial charge in [0, 0.05) is 69.4 Å². The van der Waals surface area contributed by atoms with Gasteiger partial charge < -0.3 is 25.3 Å². The zero-order valence-electron chi connectivity index (χ0n) is 20.4. The summed E-state index contributed by atoms with van der Waals surface area (Å²) in [5, 5.41) is 14.0. The van der Waals surface area contributed by atoms with Crippen LogP contribution >= 0.6 is 0 Å². The van der Waals surface area contributed by atoms with E-state index in [1.54, 1.807) is 0 Å². The number of carbonyl (C=O) groups excluding carboxylic acids is 1. The number of likely N-dealkylation sites (tertiary alicyclic amines) is 1. The third kappa shape index (κ3) is 5.50. The average Bonchev–Trinajstić information content (AvgIpc) is 3.48. The zero-order valence-corrected chi connectivity index (χ0v) is 20.4. The first-order chi connectivity index (χ1) is 16.5. The molecular formula is C24H37N9O. The normalized spacial score (nSPS) is 22.4. The van der Waals surface area contributed by atoms with Crippen LogP contribution in [0.15, 0.2) is 12.1 Å². The summed E-state index contributed by atoms with van der Waals surface area (Å²) in [6.07, 6.45) is 3.71. The van der Waals surface area contributed by atoms with Gasteiger partial charge in [-0.25, -0.2) is 9.97 Å². The summed E-state index contributed by atoms with van der Waals surface area (Å²) in [4.78, 5) is 29.6. The molecule has 0 unspecified atom stereocenters. The summed E-state index contributed by atoms with van der Waals surface area (Å²) in [6.45, 7) is 9.50. The van der Waals surface area contributed by atoms with Gasteiger partial charge in [0.05, 0.1) is 0 Å². The molecule has 2 aromatic heterocycles. The number of aromatic nitrogens is 4. The maximum absolute atomic E-state index is 13.0. The van der Waals surface area contributed by atoms with Crippen LogP contribution in [0.4, 0.5) is 17.5 Å². The molecule has 0 aromatic carbocycles. The Morgan fingerprint density at radius 1 is 1.06 bits per heavy atom. The van der Waals surface area contributed by atoms with Gasteiger partial charge in [0.1, 0.15) is 17.5 Å². The number of nitrogens with one attached hydrogen (secondary N) is 3. The Labute approximate surface area is 201 Å². The number of anilines is 3. The van der Waals surface area contributed by atoms with E-state index in [4.69, 9.17) is 9.97 Å². The van der Waals surface area contributed by atoms with Gasteiger partial charge in [0.25, 0.3) is 0 Å². The lowest BCUT2D eigenvalue weighted by molar-refractivity contribution is -0.135. The maximum atomic E-state index is 13.0. The van der Waals surface area contributed by atoms with Gasteiger partial charge in [-0.15, -0.1) is 0 Å². The van der Waals surface area contributed by atoms with E-state index in [2.05, 4.69) is 42.6 Å². The maximum Gasteiger partial charge on any atom is 0.225 e. The van der Waals surface area contributed by atoms with E-state index in [1.807, 2.05) is 19.1 Å². The van der Waals surface area contributed by atoms with E-state index in [0.29, 0.717) is 11.8 Å². The number of piperidine rings is 1. The van der Waals surface area contributed by atoms with Crippen molar-refractivity contribution < 1.29 is 4.79 Å². The van der Waals surface area contributed by atoms with Gasteiger partial charge in [-0.3, -0.25) is 9.89 Å². The predicted molar refractivity (Wildman–Crippen MR) is 132 cm³/mol. The van der Waals surface area contributed by atoms with E-state index in [1.165, 1.54) is 0 Å². The van der Waals surface area contributed by atoms with Gasteiger partial charge in [0.2, 0.25) is 5.91 Å². The average molecular weight is 468 g/mol. The topological polar surface area (TPSA) is 105 Å². The SMILES string of the molecule is Cc1cc(Nc2cc(N3CCN(C)CC3)nc(C[C@H]3CCN(C(=O)C4CCNCC4)C3)n2)n[nH]1. The number of H-pyrrole nitrogens is 1. The summed E-state index contributed by atoms with van der Waals surface area (Å²) in [5.74, 6) is 4.25. The molecule has 184 valence electrons. The number of aromatic amines is 1. The Balaban J connectivity index is 1.29. The monoisotopic (exact) mass is 467 g/mol. The number of carbonyl (C=O) groups is 1. The Kier molecular flexibility index (Phi) is 6.96. The van der Waals surface area contributed by atoms with E-state index < -0.39 is 0 Å². The fourth-order valence-electron chi connectivity index (χ4n) is 5.23. The van der Waals surface area contributed by atoms with Gasteiger partial charge in [-0.2, -0.15) is 5.10 Å². The minimum absolute atomic E-state index is 0.185. The Hall–Kier alpha value is -2.72. The first kappa shape index (κ1) is 23.0. The van der Waals surface area contributed by atoms with Crippen LogP contribution in [-0.4, -0.2) is 95.3 Å². The van der Waals surface area contributed by atoms with Crippen LogP contribution in [-0.2, 0) is 11.2 Å². The van der Waals surface area contributed by atoms with E-state index in [9.17, 15) is 4.79 Å². The molecule has 0 aliphatic carbocycles. The molecule has 3 aliphatic heterocycles. The van der Waals surface area contributed by atoms with E-state index in [0.717, 1.165) is 107 Å². The molecule has 10 nitrogen and oxygen atoms in total. The molecular weight excluding hydrogens is 430 g/mol. The third-order valence-electron chi connectivity index (χ3n) is 7.31. The molecule has 3 N–H and O–H groups in total. The number of rotatable bonds is 6. The van der Waals surface area contributed by atoms with Crippen LogP contribution in [0.3, 0.4) is 0 Å². The van der Waals surface area contributed by atoms with Crippen molar-refractivity contribution in [3.05, 3.63) is 23.7 Å². The second-order valence-electron chi connectivity index (χ2n) is 10.0. The molecule has 0 radical (unpaired) electrons. The lowest BCUT2D eigenvalue weighted by Gasteiger charge is -2.33. The molecule has 2 aromatic rings. The minimum Gasteiger partial charge on any atom is -0.354 e. The van der Waals surface area contributed by atoms with Gasteiger partial charge in [-0.05, 0) is 52.2 Å². The van der Waals surface area contributed by atoms with Crippen LogP contribution < -0.4 is 15.5 Å². The predicted octanol–water partition coefficient (Wildman–Crippen LogP) is 1.39. The Morgan fingerprint density at radius 3 is 2.59 bits per heavy atom. The molecule has 3 fully saturated rings. The molecule has 0 spiro atoms. The lowest BCUT2D eigenvalue weighted by Crippen LogP contribution is -2.45. The van der Waals surface area contributed by atoms with Crippen LogP contribution in [0.2, 0.25) is 0 Å². The molecule has 1 atom stereocenters. The Bertz CT molecular complexity index is 979. The molecule has 34 heavy (non-hydrogen) atoms. The minimum atomic E-state index is 0.185. The fraction of sp³-hybridized carbons (Fsp3) is 0.667. The summed E-state index contributed by atoms with van der Waals surface area (Å²) < 4.78 is 0. The zero-order chi connectivity index (χ0) is 23.5. The van der Waals surface area contributed by atoms with Gasteiger partial charge in [-0.1, -0.05) is 0 Å². The third-order valence-corrected chi connectivity index (χ3v) is 7.31. The number of hydrogen-bond acceptors (Lipinski definition) is 8. The molecule has 5 heterocycles. The second kappa shape index (κ2) is 10.3. The largest absolute Gasteiger partial charge is 0.354 e. The molecule has 3 aliphatic rings. The van der Waals surface area contributed by atoms with Crippen LogP contribution in [0, 0.1) is 18.8 Å². The van der Waals surface area contributed by atoms with Crippen molar-refractivity contribution in [1.29, 1.82) is 0 Å². The van der Waals surface area contributed by atoms with Gasteiger partial charge >= 0.3 is 0 Å². The van der Waals surface area contributed by atoms with Gasteiger partial charge in [0.15, 0.2) is 5.82 Å². The highest BCUT2D eigenvalue weighted by Gasteiger charge is 2.32. The number of piperazine rings is 1. The highest BCUT2D eigenvalue weighted by Crippen LogP contribution is 2.26. The van der Waals surface area contributed by atoms with Crippen molar-refractivity contribution in [3.63, 3.8) is 0 Å². The molecule has 0 bridgehead atoms. The summed E-state index contributed by atoms with van der Waals surface area (Å²) in [7, 11) is 2.16. The second-order valence-corrected chi connectivity index (χ2v) is 10.0. The molecule has 5 rings (SSSR count). The van der Waals surface area contributed by atoms with Crippen molar-refractivity contribution >= 4 is 23.4 Å². The molecule has 0 saturated carbocycles. The van der Waals surface area contributed by atoms with E-state index in [-0.39, 0.29) is 5.92 Å². The van der Waals surface area contributed by atoms with Crippen LogP contribution in [0.25, 0.3) is 0 Å². The number of amides is 1. The molecule has 1 amide bonds. The number of likely N-dealkylation sites (N-methyl/N-ethyl adjacent to an activating group) is 1. The summed E-state index contributed by atoms with van der Waals surface area (Å²) in [6, 6.07) is 4.00. The standard InChI is InChI=1S/C24H37N9O/c1-17-13-22(30-29-17)27-21-15-23(32-11-9-31(2)10-12-32)28-20(26-21)14-18-5-8-33(16-18)24(34)19-3-6-25-7-4-19/h13,15,18-19,25H,3-12,14,16H2,1-2H3,(H2,26,27,28,29,30)/t18-/m1/s1. The lowest BCUT2D eigenvalue weighted by atomic mass is 9.96. The number of aryl methyl sites for hydroxylation is 1. The number of hydrogen-bond donors (Lipinski definition) is 3. The van der Waals surface area contributed by atoms with Crippen LogP contribution in [0.5, 0.6) is 0 Å².